The van der Waals surface area contributed by atoms with E-state index in [1.54, 1.807) is 0 Å². The van der Waals surface area contributed by atoms with E-state index in [0.29, 0.717) is 12.0 Å². The van der Waals surface area contributed by atoms with Crippen LogP contribution in [-0.2, 0) is 0 Å². The first-order valence-electron chi connectivity index (χ1n) is 8.62. The van der Waals surface area contributed by atoms with Gasteiger partial charge in [-0.25, -0.2) is 0 Å². The van der Waals surface area contributed by atoms with Crippen molar-refractivity contribution in [1.82, 2.24) is 5.32 Å². The van der Waals surface area contributed by atoms with Gasteiger partial charge >= 0.3 is 0 Å². The minimum atomic E-state index is 0.249. The monoisotopic (exact) mass is 291 g/mol. The molecule has 0 radical (unpaired) electrons. The molecule has 2 heteroatoms. The van der Waals surface area contributed by atoms with E-state index in [9.17, 15) is 0 Å². The SMILES string of the molecule is CCCNC(CCC)C(CC)Oc1cccc(C(C)C)c1. The van der Waals surface area contributed by atoms with Crippen LogP contribution in [0.1, 0.15) is 71.8 Å². The summed E-state index contributed by atoms with van der Waals surface area (Å²) in [5, 5.41) is 3.65. The Morgan fingerprint density at radius 3 is 2.43 bits per heavy atom. The van der Waals surface area contributed by atoms with Crippen LogP contribution in [0.2, 0.25) is 0 Å². The highest BCUT2D eigenvalue weighted by atomic mass is 16.5. The van der Waals surface area contributed by atoms with E-state index in [1.165, 1.54) is 24.8 Å². The molecule has 1 aromatic carbocycles. The standard InChI is InChI=1S/C19H33NO/c1-6-10-18(20-13-7-2)19(8-3)21-17-12-9-11-16(14-17)15(4)5/h9,11-12,14-15,18-20H,6-8,10,13H2,1-5H3. The second kappa shape index (κ2) is 9.83. The van der Waals surface area contributed by atoms with E-state index in [4.69, 9.17) is 4.74 Å². The molecule has 0 spiro atoms. The van der Waals surface area contributed by atoms with E-state index in [0.717, 1.165) is 18.7 Å². The molecular weight excluding hydrogens is 258 g/mol. The van der Waals surface area contributed by atoms with Crippen LogP contribution in [0.15, 0.2) is 24.3 Å². The average Bonchev–Trinajstić information content (AvgIpc) is 2.49. The fourth-order valence-electron chi connectivity index (χ4n) is 2.63. The second-order valence-electron chi connectivity index (χ2n) is 6.14. The summed E-state index contributed by atoms with van der Waals surface area (Å²) in [5.41, 5.74) is 1.34. The number of hydrogen-bond donors (Lipinski definition) is 1. The predicted octanol–water partition coefficient (Wildman–Crippen LogP) is 5.14. The molecule has 120 valence electrons. The molecular formula is C19H33NO. The van der Waals surface area contributed by atoms with Crippen molar-refractivity contribution in [2.45, 2.75) is 78.4 Å². The zero-order valence-electron chi connectivity index (χ0n) is 14.5. The first-order valence-corrected chi connectivity index (χ1v) is 8.62. The smallest absolute Gasteiger partial charge is 0.120 e. The van der Waals surface area contributed by atoms with Crippen molar-refractivity contribution in [3.05, 3.63) is 29.8 Å². The summed E-state index contributed by atoms with van der Waals surface area (Å²) in [6.07, 6.45) is 4.81. The fourth-order valence-corrected chi connectivity index (χ4v) is 2.63. The molecule has 0 heterocycles. The summed E-state index contributed by atoms with van der Waals surface area (Å²) in [5.74, 6) is 1.55. The highest BCUT2D eigenvalue weighted by Gasteiger charge is 2.20. The highest BCUT2D eigenvalue weighted by Crippen LogP contribution is 2.23. The van der Waals surface area contributed by atoms with E-state index in [-0.39, 0.29) is 6.10 Å². The second-order valence-corrected chi connectivity index (χ2v) is 6.14. The van der Waals surface area contributed by atoms with E-state index in [1.807, 2.05) is 0 Å². The first kappa shape index (κ1) is 18.0. The third-order valence-corrected chi connectivity index (χ3v) is 3.92. The fraction of sp³-hybridized carbons (Fsp3) is 0.684. The molecule has 0 saturated heterocycles. The number of hydrogen-bond acceptors (Lipinski definition) is 2. The molecule has 0 aliphatic rings. The molecule has 0 saturated carbocycles. The van der Waals surface area contributed by atoms with Gasteiger partial charge in [0.1, 0.15) is 11.9 Å². The molecule has 21 heavy (non-hydrogen) atoms. The number of ether oxygens (including phenoxy) is 1. The van der Waals surface area contributed by atoms with Crippen LogP contribution in [0, 0.1) is 0 Å². The lowest BCUT2D eigenvalue weighted by atomic mass is 10.0. The zero-order chi connectivity index (χ0) is 15.7. The lowest BCUT2D eigenvalue weighted by molar-refractivity contribution is 0.142. The molecule has 0 fully saturated rings. The molecule has 2 nitrogen and oxygen atoms in total. The van der Waals surface area contributed by atoms with Crippen molar-refractivity contribution in [2.75, 3.05) is 6.54 Å². The normalized spacial score (nSPS) is 14.2. The van der Waals surface area contributed by atoms with Gasteiger partial charge in [-0.2, -0.15) is 0 Å². The minimum Gasteiger partial charge on any atom is -0.489 e. The zero-order valence-corrected chi connectivity index (χ0v) is 14.5. The van der Waals surface area contributed by atoms with Crippen molar-refractivity contribution in [1.29, 1.82) is 0 Å². The summed E-state index contributed by atoms with van der Waals surface area (Å²) in [4.78, 5) is 0. The van der Waals surface area contributed by atoms with Crippen molar-refractivity contribution in [3.63, 3.8) is 0 Å². The molecule has 1 aromatic rings. The average molecular weight is 291 g/mol. The van der Waals surface area contributed by atoms with Gasteiger partial charge in [-0.1, -0.05) is 53.2 Å². The lowest BCUT2D eigenvalue weighted by Crippen LogP contribution is -2.43. The molecule has 0 bridgehead atoms. The van der Waals surface area contributed by atoms with Crippen molar-refractivity contribution in [2.24, 2.45) is 0 Å². The largest absolute Gasteiger partial charge is 0.489 e. The Morgan fingerprint density at radius 1 is 1.10 bits per heavy atom. The van der Waals surface area contributed by atoms with E-state index in [2.05, 4.69) is 64.2 Å². The van der Waals surface area contributed by atoms with Crippen LogP contribution in [-0.4, -0.2) is 18.7 Å². The Labute approximate surface area is 131 Å². The van der Waals surface area contributed by atoms with Crippen molar-refractivity contribution in [3.8, 4) is 5.75 Å². The van der Waals surface area contributed by atoms with Crippen LogP contribution in [0.25, 0.3) is 0 Å². The maximum atomic E-state index is 6.30. The molecule has 0 aliphatic carbocycles. The highest BCUT2D eigenvalue weighted by molar-refractivity contribution is 5.30. The summed E-state index contributed by atoms with van der Waals surface area (Å²) in [6.45, 7) is 12.2. The van der Waals surface area contributed by atoms with Gasteiger partial charge < -0.3 is 10.1 Å². The molecule has 2 unspecified atom stereocenters. The van der Waals surface area contributed by atoms with Crippen molar-refractivity contribution < 1.29 is 4.74 Å². The van der Waals surface area contributed by atoms with Crippen LogP contribution < -0.4 is 10.1 Å². The third kappa shape index (κ3) is 6.09. The molecule has 0 aliphatic heterocycles. The van der Waals surface area contributed by atoms with Gasteiger partial charge in [0.2, 0.25) is 0 Å². The number of benzene rings is 1. The summed E-state index contributed by atoms with van der Waals surface area (Å²) < 4.78 is 6.30. The lowest BCUT2D eigenvalue weighted by Gasteiger charge is -2.28. The topological polar surface area (TPSA) is 21.3 Å². The summed E-state index contributed by atoms with van der Waals surface area (Å²) >= 11 is 0. The quantitative estimate of drug-likeness (QED) is 0.645. The Bertz CT molecular complexity index is 389. The Kier molecular flexibility index (Phi) is 8.44. The number of nitrogens with one attached hydrogen (secondary N) is 1. The Morgan fingerprint density at radius 2 is 1.86 bits per heavy atom. The molecule has 1 N–H and O–H groups in total. The Hall–Kier alpha value is -1.02. The predicted molar refractivity (Wildman–Crippen MR) is 92.2 cm³/mol. The van der Waals surface area contributed by atoms with Gasteiger partial charge in [0.25, 0.3) is 0 Å². The van der Waals surface area contributed by atoms with Gasteiger partial charge in [0.05, 0.1) is 0 Å². The third-order valence-electron chi connectivity index (χ3n) is 3.92. The molecule has 1 rings (SSSR count). The van der Waals surface area contributed by atoms with E-state index < -0.39 is 0 Å². The Balaban J connectivity index is 2.76. The van der Waals surface area contributed by atoms with Crippen LogP contribution in [0.4, 0.5) is 0 Å². The summed E-state index contributed by atoms with van der Waals surface area (Å²) in [7, 11) is 0. The van der Waals surface area contributed by atoms with Gasteiger partial charge in [0.15, 0.2) is 0 Å². The maximum absolute atomic E-state index is 6.30. The molecule has 0 amide bonds. The van der Waals surface area contributed by atoms with Gasteiger partial charge in [-0.15, -0.1) is 0 Å². The number of rotatable bonds is 10. The minimum absolute atomic E-state index is 0.249. The van der Waals surface area contributed by atoms with Crippen LogP contribution in [0.5, 0.6) is 5.75 Å². The van der Waals surface area contributed by atoms with Crippen LogP contribution in [0.3, 0.4) is 0 Å². The maximum Gasteiger partial charge on any atom is 0.120 e. The van der Waals surface area contributed by atoms with Crippen molar-refractivity contribution >= 4 is 0 Å². The molecule has 2 atom stereocenters. The van der Waals surface area contributed by atoms with Crippen LogP contribution >= 0.6 is 0 Å². The summed E-state index contributed by atoms with van der Waals surface area (Å²) in [6, 6.07) is 9.00. The van der Waals surface area contributed by atoms with Gasteiger partial charge in [0, 0.05) is 6.04 Å². The van der Waals surface area contributed by atoms with Gasteiger partial charge in [-0.05, 0) is 49.4 Å². The van der Waals surface area contributed by atoms with E-state index >= 15 is 0 Å². The molecule has 0 aromatic heterocycles. The van der Waals surface area contributed by atoms with Gasteiger partial charge in [-0.3, -0.25) is 0 Å². The first-order chi connectivity index (χ1) is 10.1.